The molecular formula is C30H35N9O3S. The number of fused-ring (bicyclic) bond motifs is 1. The third kappa shape index (κ3) is 5.82. The predicted molar refractivity (Wildman–Crippen MR) is 166 cm³/mol. The minimum Gasteiger partial charge on any atom is -0.358 e. The van der Waals surface area contributed by atoms with Crippen LogP contribution in [-0.4, -0.2) is 55.6 Å². The van der Waals surface area contributed by atoms with Gasteiger partial charge in [-0.2, -0.15) is 5.10 Å². The van der Waals surface area contributed by atoms with Crippen molar-refractivity contribution in [1.29, 1.82) is 0 Å². The quantitative estimate of drug-likeness (QED) is 0.247. The van der Waals surface area contributed by atoms with Crippen molar-refractivity contribution in [3.63, 3.8) is 0 Å². The fourth-order valence-electron chi connectivity index (χ4n) is 5.63. The number of benzene rings is 1. The average molecular weight is 602 g/mol. The summed E-state index contributed by atoms with van der Waals surface area (Å²) >= 11 is 0. The van der Waals surface area contributed by atoms with Gasteiger partial charge < -0.3 is 15.4 Å². The Kier molecular flexibility index (Phi) is 7.38. The summed E-state index contributed by atoms with van der Waals surface area (Å²) in [6.07, 6.45) is 5.84. The smallest absolute Gasteiger partial charge is 0.177 e. The zero-order valence-corrected chi connectivity index (χ0v) is 25.9. The van der Waals surface area contributed by atoms with Crippen molar-refractivity contribution in [2.24, 2.45) is 7.05 Å². The van der Waals surface area contributed by atoms with E-state index in [0.717, 1.165) is 47.6 Å². The molecule has 5 heterocycles. The molecule has 1 fully saturated rings. The number of nitrogens with one attached hydrogen (secondary N) is 2. The fourth-order valence-corrected chi connectivity index (χ4v) is 6.49. The van der Waals surface area contributed by atoms with Gasteiger partial charge in [-0.25, -0.2) is 28.4 Å². The highest BCUT2D eigenvalue weighted by molar-refractivity contribution is 7.90. The van der Waals surface area contributed by atoms with E-state index in [1.807, 2.05) is 63.7 Å². The molecule has 5 aromatic rings. The molecule has 1 aliphatic rings. The number of imidazole rings is 1. The number of ether oxygens (including phenoxy) is 1. The van der Waals surface area contributed by atoms with Gasteiger partial charge in [0.1, 0.15) is 35.0 Å². The van der Waals surface area contributed by atoms with Gasteiger partial charge in [0.2, 0.25) is 0 Å². The lowest BCUT2D eigenvalue weighted by atomic mass is 10.1. The molecule has 2 N–H and O–H groups in total. The molecule has 0 saturated carbocycles. The molecule has 1 aliphatic heterocycles. The highest BCUT2D eigenvalue weighted by Gasteiger charge is 2.25. The second-order valence-corrected chi connectivity index (χ2v) is 13.1. The van der Waals surface area contributed by atoms with E-state index in [9.17, 15) is 8.42 Å². The molecule has 1 atom stereocenters. The lowest BCUT2D eigenvalue weighted by molar-refractivity contribution is -0.0308. The summed E-state index contributed by atoms with van der Waals surface area (Å²) in [7, 11) is -1.78. The van der Waals surface area contributed by atoms with Gasteiger partial charge in [0.25, 0.3) is 0 Å². The molecule has 0 radical (unpaired) electrons. The number of anilines is 4. The zero-order valence-electron chi connectivity index (χ0n) is 25.1. The first-order valence-electron chi connectivity index (χ1n) is 14.2. The molecule has 13 heteroatoms. The van der Waals surface area contributed by atoms with Gasteiger partial charge >= 0.3 is 0 Å². The van der Waals surface area contributed by atoms with Crippen LogP contribution in [0.3, 0.4) is 0 Å². The molecule has 43 heavy (non-hydrogen) atoms. The summed E-state index contributed by atoms with van der Waals surface area (Å²) in [5.74, 6) is 2.52. The van der Waals surface area contributed by atoms with Gasteiger partial charge in [-0.3, -0.25) is 9.25 Å². The van der Waals surface area contributed by atoms with Crippen LogP contribution in [0.15, 0.2) is 41.4 Å². The molecule has 1 aromatic carbocycles. The monoisotopic (exact) mass is 601 g/mol. The van der Waals surface area contributed by atoms with Crippen LogP contribution in [0.1, 0.15) is 48.4 Å². The van der Waals surface area contributed by atoms with E-state index in [1.165, 1.54) is 6.26 Å². The van der Waals surface area contributed by atoms with Crippen molar-refractivity contribution < 1.29 is 13.2 Å². The Bertz CT molecular complexity index is 1940. The Hall–Kier alpha value is -4.36. The van der Waals surface area contributed by atoms with E-state index in [0.29, 0.717) is 46.6 Å². The van der Waals surface area contributed by atoms with E-state index >= 15 is 0 Å². The molecule has 0 aliphatic carbocycles. The maximum Gasteiger partial charge on any atom is 0.177 e. The normalized spacial score (nSPS) is 15.6. The highest BCUT2D eigenvalue weighted by atomic mass is 32.2. The van der Waals surface area contributed by atoms with Crippen LogP contribution < -0.4 is 10.6 Å². The topological polar surface area (TPSA) is 142 Å². The summed E-state index contributed by atoms with van der Waals surface area (Å²) in [6.45, 7) is 8.30. The van der Waals surface area contributed by atoms with E-state index < -0.39 is 9.84 Å². The summed E-state index contributed by atoms with van der Waals surface area (Å²) in [5, 5.41) is 11.2. The molecule has 6 rings (SSSR count). The number of aromatic nitrogens is 7. The Morgan fingerprint density at radius 1 is 0.930 bits per heavy atom. The number of rotatable bonds is 7. The van der Waals surface area contributed by atoms with Crippen molar-refractivity contribution in [2.75, 3.05) is 23.5 Å². The van der Waals surface area contributed by atoms with Crippen LogP contribution in [0.5, 0.6) is 0 Å². The number of pyridine rings is 1. The Labute approximate surface area is 250 Å². The third-order valence-corrected chi connectivity index (χ3v) is 8.56. The number of nitrogens with zero attached hydrogens (tertiary/aromatic N) is 7. The maximum atomic E-state index is 13.1. The van der Waals surface area contributed by atoms with E-state index in [-0.39, 0.29) is 11.1 Å². The van der Waals surface area contributed by atoms with E-state index in [2.05, 4.69) is 25.7 Å². The SMILES string of the molecule is Cc1cc(Nc2cc(Nc3ccc(-c4nn(C)cc4C)cc3S(C)(=O)=O)c3nc(C)n(C4CCCCO4)c3n2)nc(C)n1. The minimum absolute atomic E-state index is 0.156. The standard InChI is InChI=1S/C30H35N9O3S/c1-17-16-38(5)37-28(17)21-10-11-22(24(14-21)43(6,40)41)34-23-15-26(35-25-13-18(2)31-19(3)32-25)36-30-29(23)33-20(4)39(30)27-9-7-8-12-42-27/h10-11,13-16,27H,7-9,12H2,1-6H3,(H2,31,32,34,35,36). The summed E-state index contributed by atoms with van der Waals surface area (Å²) in [4.78, 5) is 18.9. The van der Waals surface area contributed by atoms with Crippen LogP contribution >= 0.6 is 0 Å². The summed E-state index contributed by atoms with van der Waals surface area (Å²) < 4.78 is 36.0. The van der Waals surface area contributed by atoms with Crippen molar-refractivity contribution in [3.05, 3.63) is 59.4 Å². The zero-order chi connectivity index (χ0) is 30.5. The largest absolute Gasteiger partial charge is 0.358 e. The predicted octanol–water partition coefficient (Wildman–Crippen LogP) is 5.45. The second kappa shape index (κ2) is 11.0. The molecule has 12 nitrogen and oxygen atoms in total. The average Bonchev–Trinajstić information content (AvgIpc) is 3.45. The molecule has 0 spiro atoms. The van der Waals surface area contributed by atoms with Crippen molar-refractivity contribution >= 4 is 44.0 Å². The number of hydrogen-bond acceptors (Lipinski definition) is 10. The van der Waals surface area contributed by atoms with Gasteiger partial charge in [-0.05, 0) is 64.7 Å². The Balaban J connectivity index is 1.49. The number of aryl methyl sites for hydroxylation is 5. The van der Waals surface area contributed by atoms with Gasteiger partial charge in [-0.15, -0.1) is 0 Å². The van der Waals surface area contributed by atoms with Crippen molar-refractivity contribution in [1.82, 2.24) is 34.3 Å². The van der Waals surface area contributed by atoms with Crippen LogP contribution in [-0.2, 0) is 21.6 Å². The van der Waals surface area contributed by atoms with Crippen LogP contribution in [0.2, 0.25) is 0 Å². The lowest BCUT2D eigenvalue weighted by Crippen LogP contribution is -2.19. The molecule has 224 valence electrons. The van der Waals surface area contributed by atoms with E-state index in [1.54, 1.807) is 16.8 Å². The van der Waals surface area contributed by atoms with Crippen LogP contribution in [0.25, 0.3) is 22.4 Å². The first-order valence-corrected chi connectivity index (χ1v) is 16.1. The third-order valence-electron chi connectivity index (χ3n) is 7.43. The summed E-state index contributed by atoms with van der Waals surface area (Å²) in [6, 6.07) is 8.96. The molecule has 1 unspecified atom stereocenters. The van der Waals surface area contributed by atoms with Crippen molar-refractivity contribution in [2.45, 2.75) is 58.1 Å². The van der Waals surface area contributed by atoms with Gasteiger partial charge in [0, 0.05) is 49.5 Å². The number of hydrogen-bond donors (Lipinski definition) is 2. The fraction of sp³-hybridized carbons (Fsp3) is 0.367. The van der Waals surface area contributed by atoms with Gasteiger partial charge in [0.05, 0.1) is 22.0 Å². The van der Waals surface area contributed by atoms with Gasteiger partial charge in [-0.1, -0.05) is 6.07 Å². The molecule has 4 aromatic heterocycles. The summed E-state index contributed by atoms with van der Waals surface area (Å²) in [5.41, 5.74) is 5.48. The maximum absolute atomic E-state index is 13.1. The van der Waals surface area contributed by atoms with Crippen LogP contribution in [0.4, 0.5) is 23.0 Å². The lowest BCUT2D eigenvalue weighted by Gasteiger charge is -2.25. The second-order valence-electron chi connectivity index (χ2n) is 11.1. The van der Waals surface area contributed by atoms with Gasteiger partial charge in [0.15, 0.2) is 15.5 Å². The highest BCUT2D eigenvalue weighted by Crippen LogP contribution is 2.36. The number of sulfone groups is 1. The molecule has 1 saturated heterocycles. The molecule has 0 bridgehead atoms. The first kappa shape index (κ1) is 28.7. The van der Waals surface area contributed by atoms with E-state index in [4.69, 9.17) is 14.7 Å². The first-order chi connectivity index (χ1) is 20.5. The molecule has 0 amide bonds. The van der Waals surface area contributed by atoms with Crippen molar-refractivity contribution in [3.8, 4) is 11.3 Å². The van der Waals surface area contributed by atoms with Crippen LogP contribution in [0, 0.1) is 27.7 Å². The Morgan fingerprint density at radius 3 is 2.40 bits per heavy atom. The minimum atomic E-state index is -3.62. The Morgan fingerprint density at radius 2 is 1.72 bits per heavy atom. The molecular weight excluding hydrogens is 566 g/mol.